The Morgan fingerprint density at radius 1 is 0.732 bits per heavy atom. The lowest BCUT2D eigenvalue weighted by Gasteiger charge is -2.33. The van der Waals surface area contributed by atoms with Crippen molar-refractivity contribution in [3.8, 4) is 5.00 Å². The molecule has 1 saturated heterocycles. The van der Waals surface area contributed by atoms with Crippen molar-refractivity contribution >= 4 is 98.9 Å². The number of carbonyl (C=O) groups excluding carboxylic acids is 4. The van der Waals surface area contributed by atoms with Gasteiger partial charge >= 0.3 is 0 Å². The number of thiophene rings is 1. The van der Waals surface area contributed by atoms with Crippen molar-refractivity contribution in [3.05, 3.63) is 178 Å². The van der Waals surface area contributed by atoms with E-state index in [1.165, 1.54) is 4.88 Å². The summed E-state index contributed by atoms with van der Waals surface area (Å²) in [6.45, 7) is 8.21. The van der Waals surface area contributed by atoms with Crippen LogP contribution in [0.5, 0.6) is 0 Å². The first kappa shape index (κ1) is 51.9. The molecule has 2 aliphatic rings. The lowest BCUT2D eigenvalue weighted by atomic mass is 9.89. The number of halogens is 4. The predicted molar refractivity (Wildman–Crippen MR) is 289 cm³/mol. The first-order chi connectivity index (χ1) is 34.1. The number of ketones is 3. The molecule has 0 unspecified atom stereocenters. The number of fused-ring (bicyclic) bond motifs is 3. The van der Waals surface area contributed by atoms with Crippen LogP contribution in [0.1, 0.15) is 119 Å². The van der Waals surface area contributed by atoms with Crippen molar-refractivity contribution in [1.82, 2.24) is 19.7 Å². The molecule has 8 rings (SSSR count). The van der Waals surface area contributed by atoms with E-state index in [9.17, 15) is 19.2 Å². The van der Waals surface area contributed by atoms with Gasteiger partial charge < -0.3 is 4.90 Å². The summed E-state index contributed by atoms with van der Waals surface area (Å²) in [4.78, 5) is 64.3. The van der Waals surface area contributed by atoms with E-state index in [1.807, 2.05) is 80.6 Å². The minimum Gasteiger partial charge on any atom is -0.333 e. The molecule has 0 saturated carbocycles. The Morgan fingerprint density at radius 3 is 2.03 bits per heavy atom. The van der Waals surface area contributed by atoms with Crippen molar-refractivity contribution in [3.63, 3.8) is 0 Å². The van der Waals surface area contributed by atoms with Crippen LogP contribution in [0.25, 0.3) is 17.2 Å². The maximum atomic E-state index is 14.7. The van der Waals surface area contributed by atoms with Crippen LogP contribution in [-0.2, 0) is 25.6 Å². The Morgan fingerprint density at radius 2 is 1.37 bits per heavy atom. The zero-order valence-corrected chi connectivity index (χ0v) is 44.1. The van der Waals surface area contributed by atoms with Gasteiger partial charge in [0.15, 0.2) is 11.6 Å². The fraction of sp³-hybridized carbons (Fsp3) is 0.316. The third-order valence-electron chi connectivity index (χ3n) is 13.3. The van der Waals surface area contributed by atoms with E-state index >= 15 is 0 Å². The summed E-state index contributed by atoms with van der Waals surface area (Å²) in [5, 5.41) is 12.0. The molecule has 4 aromatic carbocycles. The number of amides is 1. The molecule has 6 aromatic rings. The van der Waals surface area contributed by atoms with Gasteiger partial charge in [-0.15, -0.1) is 21.5 Å². The number of nitrogens with zero attached hydrogens (tertiary/aromatic N) is 5. The minimum absolute atomic E-state index is 0.0197. The van der Waals surface area contributed by atoms with Crippen molar-refractivity contribution in [2.45, 2.75) is 97.9 Å². The summed E-state index contributed by atoms with van der Waals surface area (Å²) in [6.07, 6.45) is 8.95. The van der Waals surface area contributed by atoms with Gasteiger partial charge in [0, 0.05) is 81.9 Å². The number of piperidine rings is 1. The molecule has 0 N–H and O–H groups in total. The van der Waals surface area contributed by atoms with Crippen molar-refractivity contribution in [2.75, 3.05) is 13.1 Å². The minimum atomic E-state index is -0.632. The Labute approximate surface area is 439 Å². The number of Topliss-reactive ketones (excluding diaryl/α,β-unsaturated/α-hetero) is 3. The Hall–Kier alpha value is -5.49. The van der Waals surface area contributed by atoms with E-state index in [0.29, 0.717) is 68.3 Å². The highest BCUT2D eigenvalue weighted by molar-refractivity contribution is 7.15. The van der Waals surface area contributed by atoms with E-state index in [-0.39, 0.29) is 49.2 Å². The number of aryl methyl sites for hydroxylation is 3. The molecule has 2 aliphatic heterocycles. The fourth-order valence-corrected chi connectivity index (χ4v) is 11.1. The maximum Gasteiger partial charge on any atom is 0.227 e. The van der Waals surface area contributed by atoms with Crippen LogP contribution in [0, 0.1) is 33.6 Å². The molecule has 366 valence electrons. The molecule has 0 spiro atoms. The van der Waals surface area contributed by atoms with Crippen LogP contribution in [0.3, 0.4) is 0 Å². The van der Waals surface area contributed by atoms with Gasteiger partial charge in [0.2, 0.25) is 5.91 Å². The van der Waals surface area contributed by atoms with Crippen molar-refractivity contribution in [1.29, 1.82) is 0 Å². The molecular weight excluding hydrogens is 993 g/mol. The number of carbonyl (C=O) groups is 4. The number of benzene rings is 4. The molecule has 4 heterocycles. The Balaban J connectivity index is 0.887. The predicted octanol–water partition coefficient (Wildman–Crippen LogP) is 14.2. The molecule has 0 radical (unpaired) electrons. The van der Waals surface area contributed by atoms with Gasteiger partial charge in [-0.1, -0.05) is 126 Å². The van der Waals surface area contributed by atoms with Crippen LogP contribution in [-0.4, -0.2) is 61.7 Å². The topological polar surface area (TPSA) is 115 Å². The molecule has 14 heteroatoms. The van der Waals surface area contributed by atoms with Gasteiger partial charge in [0.25, 0.3) is 0 Å². The summed E-state index contributed by atoms with van der Waals surface area (Å²) < 4.78 is 2.06. The van der Waals surface area contributed by atoms with Gasteiger partial charge in [-0.2, -0.15) is 0 Å². The molecular formula is C57H55Cl4N5O4S. The highest BCUT2D eigenvalue weighted by atomic mass is 35.5. The molecule has 9 nitrogen and oxygen atoms in total. The van der Waals surface area contributed by atoms with E-state index < -0.39 is 12.0 Å². The maximum absolute atomic E-state index is 14.7. The molecule has 2 atom stereocenters. The largest absolute Gasteiger partial charge is 0.333 e. The van der Waals surface area contributed by atoms with E-state index in [1.54, 1.807) is 52.7 Å². The van der Waals surface area contributed by atoms with Crippen LogP contribution in [0.2, 0.25) is 20.1 Å². The van der Waals surface area contributed by atoms with Crippen LogP contribution >= 0.6 is 57.7 Å². The van der Waals surface area contributed by atoms with Gasteiger partial charge in [0.05, 0.1) is 15.8 Å². The Kier molecular flexibility index (Phi) is 17.1. The third kappa shape index (κ3) is 12.6. The summed E-state index contributed by atoms with van der Waals surface area (Å²) >= 11 is 26.9. The van der Waals surface area contributed by atoms with Crippen LogP contribution < -0.4 is 0 Å². The third-order valence-corrected chi connectivity index (χ3v) is 15.9. The Bertz CT molecular complexity index is 3010. The number of hydrogen-bond donors (Lipinski definition) is 0. The lowest BCUT2D eigenvalue weighted by Crippen LogP contribution is -2.45. The molecule has 2 aromatic heterocycles. The normalized spacial score (nSPS) is 16.2. The SMILES string of the molecule is Cc1cc(/C=C2\CN(C(=O)[C@@H](CC(=O)CCCCCCCC(=O)C[C@@H]3N=C(c4ccc(Cl)cc4)c4c(sc(C)c4C)-n4c(C)nnc43)Cc3ccccc3)C/C(=C\c3ccc(Cl)c(Cl)c3)C2=O)ccc1Cl. The van der Waals surface area contributed by atoms with Gasteiger partial charge in [-0.3, -0.25) is 28.7 Å². The van der Waals surface area contributed by atoms with Crippen molar-refractivity contribution < 1.29 is 19.2 Å². The number of hydrogen-bond acceptors (Lipinski definition) is 8. The van der Waals surface area contributed by atoms with Crippen molar-refractivity contribution in [2.24, 2.45) is 10.9 Å². The standard InChI is InChI=1S/C57H55Cl4N5O4S/c1-34-25-39(17-23-48(34)59)27-43-32-65(33-44(54(43)69)28-40-18-24-49(60)50(61)29-40)56(70)42(26-38-13-9-8-10-14-38)30-46(67)15-11-6-5-7-12-16-47(68)31-51-55-64-63-37(4)66(55)57-52(35(2)36(3)71-57)53(62-51)41-19-21-45(58)22-20-41/h8-10,13-14,17-25,27-29,42,51H,5-7,11-12,15-16,26,30-33H2,1-4H3/b43-27+,44-28+/t42-,51+/m1/s1. The number of rotatable bonds is 18. The second kappa shape index (κ2) is 23.4. The first-order valence-electron chi connectivity index (χ1n) is 24.0. The number of aromatic nitrogens is 3. The average Bonchev–Trinajstić information content (AvgIpc) is 3.83. The zero-order valence-electron chi connectivity index (χ0n) is 40.2. The number of unbranched alkanes of at least 4 members (excludes halogenated alkanes) is 4. The molecule has 0 aliphatic carbocycles. The second-order valence-electron chi connectivity index (χ2n) is 18.6. The summed E-state index contributed by atoms with van der Waals surface area (Å²) in [7, 11) is 0. The zero-order chi connectivity index (χ0) is 50.3. The number of aliphatic imine (C=N–C) groups is 1. The summed E-state index contributed by atoms with van der Waals surface area (Å²) in [6, 6.07) is 27.6. The van der Waals surface area contributed by atoms with Gasteiger partial charge in [0.1, 0.15) is 28.4 Å². The molecule has 0 bridgehead atoms. The van der Waals surface area contributed by atoms with Gasteiger partial charge in [-0.05, 0) is 117 Å². The van der Waals surface area contributed by atoms with Gasteiger partial charge in [-0.25, -0.2) is 0 Å². The van der Waals surface area contributed by atoms with E-state index in [4.69, 9.17) is 51.4 Å². The first-order valence-corrected chi connectivity index (χ1v) is 26.4. The van der Waals surface area contributed by atoms with E-state index in [0.717, 1.165) is 75.6 Å². The monoisotopic (exact) mass is 1050 g/mol. The fourth-order valence-electron chi connectivity index (χ4n) is 9.36. The molecule has 1 amide bonds. The highest BCUT2D eigenvalue weighted by Gasteiger charge is 2.35. The smallest absolute Gasteiger partial charge is 0.227 e. The highest BCUT2D eigenvalue weighted by Crippen LogP contribution is 2.40. The summed E-state index contributed by atoms with van der Waals surface area (Å²) in [5.74, 6) is 0.552. The number of likely N-dealkylation sites (tertiary alicyclic amines) is 1. The lowest BCUT2D eigenvalue weighted by molar-refractivity contribution is -0.138. The summed E-state index contributed by atoms with van der Waals surface area (Å²) in [5.41, 5.74) is 8.09. The van der Waals surface area contributed by atoms with Crippen LogP contribution in [0.4, 0.5) is 0 Å². The van der Waals surface area contributed by atoms with Crippen LogP contribution in [0.15, 0.2) is 107 Å². The molecule has 71 heavy (non-hydrogen) atoms. The second-order valence-corrected chi connectivity index (χ2v) is 21.5. The quantitative estimate of drug-likeness (QED) is 0.0626. The average molecular weight is 1050 g/mol. The molecule has 1 fully saturated rings. The van der Waals surface area contributed by atoms with E-state index in [2.05, 4.69) is 28.6 Å².